The molecule has 3 aliphatic rings. The summed E-state index contributed by atoms with van der Waals surface area (Å²) in [6, 6.07) is 5.04. The molecule has 1 saturated carbocycles. The average molecular weight is 652 g/mol. The Hall–Kier alpha value is -3.80. The Kier molecular flexibility index (Phi) is 11.3. The molecule has 4 amide bonds. The van der Waals surface area contributed by atoms with E-state index in [1.54, 1.807) is 29.9 Å². The summed E-state index contributed by atoms with van der Waals surface area (Å²) >= 11 is 0. The van der Waals surface area contributed by atoms with E-state index in [4.69, 9.17) is 0 Å². The molecule has 5 rings (SSSR count). The van der Waals surface area contributed by atoms with Gasteiger partial charge in [0.1, 0.15) is 23.6 Å². The monoisotopic (exact) mass is 651 g/mol. The number of piperazine rings is 1. The summed E-state index contributed by atoms with van der Waals surface area (Å²) in [7, 11) is 2.10. The number of carbonyl (C=O) groups is 4. The first kappa shape index (κ1) is 34.5. The van der Waals surface area contributed by atoms with Crippen molar-refractivity contribution < 1.29 is 23.6 Å². The number of likely N-dealkylation sites (tertiary alicyclic amines) is 1. The van der Waals surface area contributed by atoms with Gasteiger partial charge in [-0.2, -0.15) is 5.10 Å². The zero-order chi connectivity index (χ0) is 33.7. The number of rotatable bonds is 11. The van der Waals surface area contributed by atoms with Gasteiger partial charge in [-0.05, 0) is 69.3 Å². The first-order valence-electron chi connectivity index (χ1n) is 17.3. The van der Waals surface area contributed by atoms with Gasteiger partial charge in [-0.15, -0.1) is 0 Å². The predicted molar refractivity (Wildman–Crippen MR) is 177 cm³/mol. The van der Waals surface area contributed by atoms with Gasteiger partial charge in [0.25, 0.3) is 5.91 Å². The van der Waals surface area contributed by atoms with E-state index >= 15 is 4.39 Å². The minimum Gasteiger partial charge on any atom is -0.344 e. The van der Waals surface area contributed by atoms with Crippen LogP contribution in [0.2, 0.25) is 0 Å². The summed E-state index contributed by atoms with van der Waals surface area (Å²) < 4.78 is 17.3. The molecule has 0 spiro atoms. The first-order chi connectivity index (χ1) is 22.6. The summed E-state index contributed by atoms with van der Waals surface area (Å²) in [4.78, 5) is 57.6. The molecule has 3 N–H and O–H groups in total. The van der Waals surface area contributed by atoms with Gasteiger partial charge >= 0.3 is 0 Å². The van der Waals surface area contributed by atoms with Gasteiger partial charge in [-0.3, -0.25) is 28.8 Å². The molecule has 2 saturated heterocycles. The van der Waals surface area contributed by atoms with Crippen LogP contribution < -0.4 is 16.0 Å². The number of halogens is 1. The lowest BCUT2D eigenvalue weighted by molar-refractivity contribution is -0.139. The van der Waals surface area contributed by atoms with Gasteiger partial charge in [-0.1, -0.05) is 45.6 Å². The normalized spacial score (nSPS) is 22.2. The smallest absolute Gasteiger partial charge is 0.270 e. The van der Waals surface area contributed by atoms with Crippen LogP contribution in [-0.2, 0) is 20.9 Å². The number of hydrogen-bond donors (Lipinski definition) is 3. The molecule has 47 heavy (non-hydrogen) atoms. The Balaban J connectivity index is 1.33. The highest BCUT2D eigenvalue weighted by atomic mass is 19.1. The second kappa shape index (κ2) is 15.4. The number of aromatic nitrogens is 2. The van der Waals surface area contributed by atoms with Crippen LogP contribution in [0.3, 0.4) is 0 Å². The van der Waals surface area contributed by atoms with Crippen molar-refractivity contribution in [1.82, 2.24) is 30.2 Å². The molecule has 3 fully saturated rings. The summed E-state index contributed by atoms with van der Waals surface area (Å²) in [5, 5.41) is 12.8. The van der Waals surface area contributed by atoms with Crippen LogP contribution in [0.4, 0.5) is 10.1 Å². The van der Waals surface area contributed by atoms with E-state index in [1.807, 2.05) is 18.7 Å². The van der Waals surface area contributed by atoms with Crippen molar-refractivity contribution in [3.8, 4) is 0 Å². The number of carbonyl (C=O) groups excluding carboxylic acids is 4. The standard InChI is InChI=1S/C35H50FN7O4/c1-5-30(44)39-31(35(47)42-20-25-14-15-26(21-42)41(25)4)22(3)24-13-16-28(27(36)19-24)38-34(46)32(23-11-9-7-8-10-12-23)40-33(45)29-17-18-37-43(29)6-2/h13,16-19,22-23,25-26,31-32H,5-12,14-15,20-21H2,1-4H3,(H,38,46)(H,39,44)(H,40,45)/t22-,25?,26?,31+,32-/m0/s1. The minimum absolute atomic E-state index is 0.00599. The predicted octanol–water partition coefficient (Wildman–Crippen LogP) is 4.05. The summed E-state index contributed by atoms with van der Waals surface area (Å²) in [5.41, 5.74) is 0.897. The molecule has 12 heteroatoms. The van der Waals surface area contributed by atoms with Crippen LogP contribution in [-0.4, -0.2) is 87.5 Å². The molecule has 2 aliphatic heterocycles. The van der Waals surface area contributed by atoms with E-state index in [0.717, 1.165) is 51.4 Å². The molecule has 2 aromatic rings. The van der Waals surface area contributed by atoms with E-state index in [1.165, 1.54) is 12.1 Å². The molecule has 1 aliphatic carbocycles. The zero-order valence-electron chi connectivity index (χ0n) is 28.1. The van der Waals surface area contributed by atoms with Crippen molar-refractivity contribution >= 4 is 29.3 Å². The maximum absolute atomic E-state index is 15.7. The van der Waals surface area contributed by atoms with Crippen LogP contribution in [0.15, 0.2) is 30.5 Å². The molecular formula is C35H50FN7O4. The number of nitrogens with zero attached hydrogens (tertiary/aromatic N) is 4. The van der Waals surface area contributed by atoms with Gasteiger partial charge in [0.15, 0.2) is 0 Å². The van der Waals surface area contributed by atoms with Crippen molar-refractivity contribution in [2.24, 2.45) is 5.92 Å². The molecule has 3 heterocycles. The van der Waals surface area contributed by atoms with Crippen molar-refractivity contribution in [3.63, 3.8) is 0 Å². The lowest BCUT2D eigenvalue weighted by Crippen LogP contribution is -2.59. The van der Waals surface area contributed by atoms with E-state index in [9.17, 15) is 19.2 Å². The number of likely N-dealkylation sites (N-methyl/N-ethyl adjacent to an activating group) is 1. The van der Waals surface area contributed by atoms with Crippen LogP contribution in [0.1, 0.15) is 101 Å². The lowest BCUT2D eigenvalue weighted by Gasteiger charge is -2.41. The molecule has 2 bridgehead atoms. The molecule has 11 nitrogen and oxygen atoms in total. The topological polar surface area (TPSA) is 129 Å². The van der Waals surface area contributed by atoms with Gasteiger partial charge in [-0.25, -0.2) is 4.39 Å². The minimum atomic E-state index is -0.850. The molecule has 2 unspecified atom stereocenters. The summed E-state index contributed by atoms with van der Waals surface area (Å²) in [5.74, 6) is -2.52. The van der Waals surface area contributed by atoms with E-state index in [2.05, 4.69) is 33.0 Å². The highest BCUT2D eigenvalue weighted by Crippen LogP contribution is 2.32. The fourth-order valence-corrected chi connectivity index (χ4v) is 7.52. The third kappa shape index (κ3) is 7.85. The number of anilines is 1. The van der Waals surface area contributed by atoms with Crippen LogP contribution in [0.25, 0.3) is 0 Å². The SMILES string of the molecule is CCC(=O)N[C@@H](C(=O)N1CC2CCC(C1)N2C)[C@@H](C)c1ccc(NC(=O)[C@@H](NC(=O)c2ccnn2CC)C2CCCCCC2)c(F)c1. The van der Waals surface area contributed by atoms with E-state index in [0.29, 0.717) is 43.0 Å². The molecule has 5 atom stereocenters. The van der Waals surface area contributed by atoms with Gasteiger partial charge in [0, 0.05) is 50.3 Å². The number of nitrogens with one attached hydrogen (secondary N) is 3. The van der Waals surface area contributed by atoms with Crippen molar-refractivity contribution in [2.45, 2.75) is 115 Å². The summed E-state index contributed by atoms with van der Waals surface area (Å²) in [6.07, 6.45) is 9.52. The zero-order valence-corrected chi connectivity index (χ0v) is 28.1. The average Bonchev–Trinajstić information content (AvgIpc) is 3.47. The van der Waals surface area contributed by atoms with Crippen molar-refractivity contribution in [2.75, 3.05) is 25.5 Å². The quantitative estimate of drug-likeness (QED) is 0.315. The second-order valence-electron chi connectivity index (χ2n) is 13.4. The van der Waals surface area contributed by atoms with Gasteiger partial charge in [0.05, 0.1) is 5.69 Å². The highest BCUT2D eigenvalue weighted by molar-refractivity contribution is 6.00. The highest BCUT2D eigenvalue weighted by Gasteiger charge is 2.42. The van der Waals surface area contributed by atoms with Crippen LogP contribution in [0.5, 0.6) is 0 Å². The number of benzene rings is 1. The Bertz CT molecular complexity index is 1420. The Morgan fingerprint density at radius 2 is 1.64 bits per heavy atom. The first-order valence-corrected chi connectivity index (χ1v) is 17.3. The maximum Gasteiger partial charge on any atom is 0.270 e. The molecule has 1 aromatic carbocycles. The third-order valence-corrected chi connectivity index (χ3v) is 10.5. The summed E-state index contributed by atoms with van der Waals surface area (Å²) in [6.45, 7) is 7.16. The molecular weight excluding hydrogens is 601 g/mol. The fraction of sp³-hybridized carbons (Fsp3) is 0.629. The van der Waals surface area contributed by atoms with Gasteiger partial charge in [0.2, 0.25) is 17.7 Å². The molecule has 1 aromatic heterocycles. The third-order valence-electron chi connectivity index (χ3n) is 10.5. The Morgan fingerprint density at radius 1 is 0.957 bits per heavy atom. The number of amides is 4. The van der Waals surface area contributed by atoms with Crippen molar-refractivity contribution in [1.29, 1.82) is 0 Å². The number of hydrogen-bond acceptors (Lipinski definition) is 6. The fourth-order valence-electron chi connectivity index (χ4n) is 7.52. The van der Waals surface area contributed by atoms with E-state index < -0.39 is 35.6 Å². The van der Waals surface area contributed by atoms with Crippen LogP contribution >= 0.6 is 0 Å². The lowest BCUT2D eigenvalue weighted by atomic mass is 9.90. The largest absolute Gasteiger partial charge is 0.344 e. The van der Waals surface area contributed by atoms with Crippen molar-refractivity contribution in [3.05, 3.63) is 47.5 Å². The second-order valence-corrected chi connectivity index (χ2v) is 13.4. The van der Waals surface area contributed by atoms with E-state index in [-0.39, 0.29) is 29.8 Å². The molecule has 256 valence electrons. The van der Waals surface area contributed by atoms with Gasteiger partial charge < -0.3 is 20.9 Å². The Morgan fingerprint density at radius 3 is 2.26 bits per heavy atom. The number of fused-ring (bicyclic) bond motifs is 2. The molecule has 0 radical (unpaired) electrons. The maximum atomic E-state index is 15.7. The number of aryl methyl sites for hydroxylation is 1. The Labute approximate surface area is 277 Å². The van der Waals surface area contributed by atoms with Crippen LogP contribution in [0, 0.1) is 11.7 Å².